The number of carboxylic acid groups (broad SMARTS) is 1. The quantitative estimate of drug-likeness (QED) is 0.553. The maximum absolute atomic E-state index is 10.7. The molecular weight excluding hydrogens is 200 g/mol. The molecule has 0 rings (SSSR count). The second kappa shape index (κ2) is 7.19. The van der Waals surface area contributed by atoms with Gasteiger partial charge in [0.05, 0.1) is 19.1 Å². The maximum Gasteiger partial charge on any atom is 0.307 e. The van der Waals surface area contributed by atoms with Crippen LogP contribution < -0.4 is 5.73 Å². The first kappa shape index (κ1) is 13.9. The molecule has 0 aliphatic rings. The van der Waals surface area contributed by atoms with Crippen LogP contribution in [-0.4, -0.2) is 55.2 Å². The lowest BCUT2D eigenvalue weighted by molar-refractivity contribution is -0.142. The first-order chi connectivity index (χ1) is 6.97. The Hall–Kier alpha value is -1.14. The van der Waals surface area contributed by atoms with E-state index in [-0.39, 0.29) is 6.54 Å². The summed E-state index contributed by atoms with van der Waals surface area (Å²) in [5.74, 6) is -1.88. The minimum absolute atomic E-state index is 0.0565. The van der Waals surface area contributed by atoms with Crippen LogP contribution in [0.15, 0.2) is 0 Å². The Balaban J connectivity index is 4.10. The van der Waals surface area contributed by atoms with E-state index in [4.69, 9.17) is 15.6 Å². The molecule has 0 radical (unpaired) electrons. The molecule has 1 atom stereocenters. The molecule has 0 spiro atoms. The topological polar surface area (TPSA) is 92.9 Å². The van der Waals surface area contributed by atoms with Crippen LogP contribution in [0.25, 0.3) is 0 Å². The van der Waals surface area contributed by atoms with Gasteiger partial charge in [0.15, 0.2) is 0 Å². The molecule has 1 unspecified atom stereocenters. The zero-order chi connectivity index (χ0) is 11.8. The number of carboxylic acids is 1. The molecule has 0 saturated heterocycles. The molecule has 0 aliphatic carbocycles. The summed E-state index contributed by atoms with van der Waals surface area (Å²) in [6.07, 6.45) is 0. The molecule has 1 amide bonds. The van der Waals surface area contributed by atoms with E-state index in [1.54, 1.807) is 18.9 Å². The maximum atomic E-state index is 10.7. The highest BCUT2D eigenvalue weighted by molar-refractivity contribution is 5.76. The van der Waals surface area contributed by atoms with E-state index < -0.39 is 17.8 Å². The van der Waals surface area contributed by atoms with Gasteiger partial charge in [-0.05, 0) is 0 Å². The molecule has 0 bridgehead atoms. The van der Waals surface area contributed by atoms with E-state index in [0.29, 0.717) is 19.7 Å². The minimum atomic E-state index is -0.887. The van der Waals surface area contributed by atoms with Crippen LogP contribution >= 0.6 is 0 Å². The molecule has 0 heterocycles. The summed E-state index contributed by atoms with van der Waals surface area (Å²) >= 11 is 0. The second-order valence-electron chi connectivity index (χ2n) is 3.43. The Labute approximate surface area is 89.0 Å². The van der Waals surface area contributed by atoms with Crippen LogP contribution in [0, 0.1) is 5.92 Å². The lowest BCUT2D eigenvalue weighted by Gasteiger charge is -2.22. The summed E-state index contributed by atoms with van der Waals surface area (Å²) in [7, 11) is 1.54. The summed E-state index contributed by atoms with van der Waals surface area (Å²) in [4.78, 5) is 23.0. The first-order valence-corrected chi connectivity index (χ1v) is 4.69. The van der Waals surface area contributed by atoms with Gasteiger partial charge in [0, 0.05) is 20.2 Å². The van der Waals surface area contributed by atoms with Gasteiger partial charge in [-0.3, -0.25) is 14.5 Å². The van der Waals surface area contributed by atoms with Gasteiger partial charge in [-0.25, -0.2) is 0 Å². The third kappa shape index (κ3) is 6.87. The van der Waals surface area contributed by atoms with Crippen LogP contribution in [0.5, 0.6) is 0 Å². The van der Waals surface area contributed by atoms with Crippen LogP contribution in [-0.2, 0) is 14.3 Å². The molecule has 88 valence electrons. The van der Waals surface area contributed by atoms with E-state index in [9.17, 15) is 9.59 Å². The van der Waals surface area contributed by atoms with Gasteiger partial charge >= 0.3 is 5.97 Å². The molecule has 15 heavy (non-hydrogen) atoms. The largest absolute Gasteiger partial charge is 0.481 e. The lowest BCUT2D eigenvalue weighted by Crippen LogP contribution is -2.40. The average Bonchev–Trinajstić information content (AvgIpc) is 2.13. The van der Waals surface area contributed by atoms with Crippen molar-refractivity contribution in [2.75, 3.05) is 33.4 Å². The molecule has 0 aromatic heterocycles. The molecule has 6 nitrogen and oxygen atoms in total. The van der Waals surface area contributed by atoms with Crippen LogP contribution in [0.2, 0.25) is 0 Å². The van der Waals surface area contributed by atoms with Crippen molar-refractivity contribution in [3.05, 3.63) is 0 Å². The van der Waals surface area contributed by atoms with Crippen LogP contribution in [0.3, 0.4) is 0 Å². The Morgan fingerprint density at radius 1 is 1.53 bits per heavy atom. The third-order valence-electron chi connectivity index (χ3n) is 1.94. The van der Waals surface area contributed by atoms with E-state index in [2.05, 4.69) is 0 Å². The van der Waals surface area contributed by atoms with Crippen LogP contribution in [0.4, 0.5) is 0 Å². The number of ether oxygens (including phenoxy) is 1. The Morgan fingerprint density at radius 3 is 2.53 bits per heavy atom. The van der Waals surface area contributed by atoms with Crippen molar-refractivity contribution in [2.45, 2.75) is 6.92 Å². The number of amides is 1. The van der Waals surface area contributed by atoms with Crippen molar-refractivity contribution >= 4 is 11.9 Å². The zero-order valence-corrected chi connectivity index (χ0v) is 9.10. The van der Waals surface area contributed by atoms with Gasteiger partial charge in [0.1, 0.15) is 0 Å². The highest BCUT2D eigenvalue weighted by atomic mass is 16.5. The Morgan fingerprint density at radius 2 is 2.13 bits per heavy atom. The molecule has 0 aromatic carbocycles. The molecule has 3 N–H and O–H groups in total. The van der Waals surface area contributed by atoms with Gasteiger partial charge in [0.2, 0.25) is 5.91 Å². The highest BCUT2D eigenvalue weighted by Gasteiger charge is 2.17. The van der Waals surface area contributed by atoms with Crippen molar-refractivity contribution in [3.63, 3.8) is 0 Å². The number of rotatable bonds is 8. The summed E-state index contributed by atoms with van der Waals surface area (Å²) in [6, 6.07) is 0. The smallest absolute Gasteiger partial charge is 0.307 e. The number of aliphatic carboxylic acids is 1. The summed E-state index contributed by atoms with van der Waals surface area (Å²) < 4.78 is 4.85. The molecule has 0 aromatic rings. The Kier molecular flexibility index (Phi) is 6.64. The Bertz CT molecular complexity index is 220. The second-order valence-corrected chi connectivity index (χ2v) is 3.43. The highest BCUT2D eigenvalue weighted by Crippen LogP contribution is 1.99. The monoisotopic (exact) mass is 218 g/mol. The van der Waals surface area contributed by atoms with Gasteiger partial charge in [-0.15, -0.1) is 0 Å². The molecule has 0 saturated carbocycles. The average molecular weight is 218 g/mol. The molecular formula is C9H18N2O4. The number of hydrogen-bond donors (Lipinski definition) is 2. The van der Waals surface area contributed by atoms with Gasteiger partial charge in [-0.2, -0.15) is 0 Å². The van der Waals surface area contributed by atoms with Crippen molar-refractivity contribution in [2.24, 2.45) is 11.7 Å². The number of carbonyl (C=O) groups excluding carboxylic acids is 1. The van der Waals surface area contributed by atoms with Gasteiger partial charge < -0.3 is 15.6 Å². The summed E-state index contributed by atoms with van der Waals surface area (Å²) in [5, 5.41) is 8.72. The minimum Gasteiger partial charge on any atom is -0.481 e. The van der Waals surface area contributed by atoms with Crippen molar-refractivity contribution in [1.29, 1.82) is 0 Å². The van der Waals surface area contributed by atoms with Gasteiger partial charge in [0.25, 0.3) is 0 Å². The lowest BCUT2D eigenvalue weighted by atomic mass is 10.1. The number of primary amides is 1. The SMILES string of the molecule is COCCN(CC(N)=O)CC(C)C(=O)O. The predicted octanol–water partition coefficient (Wildman–Crippen LogP) is -0.859. The summed E-state index contributed by atoms with van der Waals surface area (Å²) in [6.45, 7) is 2.88. The van der Waals surface area contributed by atoms with Crippen molar-refractivity contribution in [3.8, 4) is 0 Å². The van der Waals surface area contributed by atoms with Crippen molar-refractivity contribution < 1.29 is 19.4 Å². The number of carbonyl (C=O) groups is 2. The van der Waals surface area contributed by atoms with Crippen LogP contribution in [0.1, 0.15) is 6.92 Å². The third-order valence-corrected chi connectivity index (χ3v) is 1.94. The van der Waals surface area contributed by atoms with E-state index in [1.807, 2.05) is 0 Å². The number of methoxy groups -OCH3 is 1. The fourth-order valence-electron chi connectivity index (χ4n) is 1.14. The zero-order valence-electron chi connectivity index (χ0n) is 9.10. The fraction of sp³-hybridized carbons (Fsp3) is 0.778. The number of nitrogens with zero attached hydrogens (tertiary/aromatic N) is 1. The van der Waals surface area contributed by atoms with Crippen molar-refractivity contribution in [1.82, 2.24) is 4.90 Å². The fourth-order valence-corrected chi connectivity index (χ4v) is 1.14. The number of nitrogens with two attached hydrogens (primary N) is 1. The standard InChI is InChI=1S/C9H18N2O4/c1-7(9(13)14)5-11(3-4-15-2)6-8(10)12/h7H,3-6H2,1-2H3,(H2,10,12)(H,13,14). The molecule has 0 fully saturated rings. The first-order valence-electron chi connectivity index (χ1n) is 4.69. The van der Waals surface area contributed by atoms with Gasteiger partial charge in [-0.1, -0.05) is 6.92 Å². The van der Waals surface area contributed by atoms with E-state index in [1.165, 1.54) is 0 Å². The number of hydrogen-bond acceptors (Lipinski definition) is 4. The molecule has 0 aliphatic heterocycles. The summed E-state index contributed by atoms with van der Waals surface area (Å²) in [5.41, 5.74) is 5.05. The van der Waals surface area contributed by atoms with E-state index >= 15 is 0 Å². The predicted molar refractivity (Wildman–Crippen MR) is 54.3 cm³/mol. The molecule has 6 heteroatoms. The normalized spacial score (nSPS) is 12.7. The van der Waals surface area contributed by atoms with E-state index in [0.717, 1.165) is 0 Å².